The van der Waals surface area contributed by atoms with Gasteiger partial charge in [-0.2, -0.15) is 0 Å². The van der Waals surface area contributed by atoms with E-state index >= 15 is 0 Å². The van der Waals surface area contributed by atoms with Gasteiger partial charge < -0.3 is 47.9 Å². The molecule has 0 saturated heterocycles. The summed E-state index contributed by atoms with van der Waals surface area (Å²) in [6, 6.07) is 0. The summed E-state index contributed by atoms with van der Waals surface area (Å²) in [6.45, 7) is 17.3. The molecule has 0 aliphatic heterocycles. The second-order valence-electron chi connectivity index (χ2n) is 8.43. The van der Waals surface area contributed by atoms with Crippen LogP contribution in [-0.4, -0.2) is 131 Å². The summed E-state index contributed by atoms with van der Waals surface area (Å²) in [5.74, 6) is 0.0273. The fraction of sp³-hybridized carbons (Fsp3) is 0.962. The molecule has 0 aliphatic carbocycles. The molecule has 0 rings (SSSR count). The molecule has 0 saturated carbocycles. The molecule has 0 unspecified atom stereocenters. The monoisotopic (exact) mass is 539 g/mol. The minimum absolute atomic E-state index is 0.00803. The Hall–Kier alpha value is -0.890. The van der Waals surface area contributed by atoms with Crippen LogP contribution in [0.3, 0.4) is 0 Å². The van der Waals surface area contributed by atoms with Crippen LogP contribution < -0.4 is 5.32 Å². The zero-order valence-corrected chi connectivity index (χ0v) is 23.7. The van der Waals surface area contributed by atoms with Crippen molar-refractivity contribution in [3.05, 3.63) is 0 Å². The van der Waals surface area contributed by atoms with Crippen molar-refractivity contribution >= 4 is 5.91 Å². The highest BCUT2D eigenvalue weighted by Crippen LogP contribution is 1.95. The molecule has 37 heavy (non-hydrogen) atoms. The summed E-state index contributed by atoms with van der Waals surface area (Å²) >= 11 is 0. The van der Waals surface area contributed by atoms with Crippen molar-refractivity contribution < 1.29 is 47.4 Å². The summed E-state index contributed by atoms with van der Waals surface area (Å²) in [5, 5.41) is 2.79. The Morgan fingerprint density at radius 3 is 1.11 bits per heavy atom. The molecular weight excluding hydrogens is 486 g/mol. The molecule has 0 fully saturated rings. The van der Waals surface area contributed by atoms with Crippen LogP contribution in [0.4, 0.5) is 0 Å². The Bertz CT molecular complexity index is 471. The minimum atomic E-state index is -0.00803. The van der Waals surface area contributed by atoms with Crippen molar-refractivity contribution in [3.63, 3.8) is 0 Å². The molecule has 222 valence electrons. The molecule has 1 amide bonds. The van der Waals surface area contributed by atoms with Gasteiger partial charge in [-0.3, -0.25) is 4.79 Å². The third kappa shape index (κ3) is 29.5. The first-order valence-electron chi connectivity index (χ1n) is 13.6. The van der Waals surface area contributed by atoms with Crippen molar-refractivity contribution in [3.8, 4) is 0 Å². The van der Waals surface area contributed by atoms with Crippen LogP contribution in [0.5, 0.6) is 0 Å². The summed E-state index contributed by atoms with van der Waals surface area (Å²) < 4.78 is 49.0. The van der Waals surface area contributed by atoms with Crippen LogP contribution in [0, 0.1) is 5.92 Å². The number of rotatable bonds is 30. The highest BCUT2D eigenvalue weighted by Gasteiger charge is 2.04. The molecule has 0 aromatic rings. The molecule has 1 N–H and O–H groups in total. The summed E-state index contributed by atoms with van der Waals surface area (Å²) in [4.78, 5) is 11.4. The average Bonchev–Trinajstić information content (AvgIpc) is 2.89. The summed E-state index contributed by atoms with van der Waals surface area (Å²) in [6.07, 6.45) is 1.30. The van der Waals surface area contributed by atoms with Crippen LogP contribution in [0.2, 0.25) is 0 Å². The van der Waals surface area contributed by atoms with E-state index in [0.717, 1.165) is 6.42 Å². The molecule has 11 nitrogen and oxygen atoms in total. The number of amides is 1. The van der Waals surface area contributed by atoms with Crippen LogP contribution in [0.1, 0.15) is 34.1 Å². The third-order valence-electron chi connectivity index (χ3n) is 4.88. The number of nitrogens with one attached hydrogen (secondary N) is 1. The number of hydrogen-bond acceptors (Lipinski definition) is 10. The normalized spacial score (nSPS) is 12.4. The maximum Gasteiger partial charge on any atom is 0.222 e. The van der Waals surface area contributed by atoms with E-state index in [4.69, 9.17) is 42.6 Å². The van der Waals surface area contributed by atoms with Crippen LogP contribution in [-0.2, 0) is 47.4 Å². The maximum absolute atomic E-state index is 11.4. The van der Waals surface area contributed by atoms with Crippen molar-refractivity contribution in [2.24, 2.45) is 5.92 Å². The van der Waals surface area contributed by atoms with Gasteiger partial charge in [-0.1, -0.05) is 20.8 Å². The highest BCUT2D eigenvalue weighted by molar-refractivity contribution is 5.77. The summed E-state index contributed by atoms with van der Waals surface area (Å²) in [5.41, 5.74) is 0. The molecule has 0 radical (unpaired) electrons. The zero-order valence-electron chi connectivity index (χ0n) is 23.7. The lowest BCUT2D eigenvalue weighted by molar-refractivity contribution is -0.124. The van der Waals surface area contributed by atoms with Crippen molar-refractivity contribution in [2.45, 2.75) is 40.2 Å². The molecule has 0 spiro atoms. The number of ether oxygens (including phenoxy) is 9. The van der Waals surface area contributed by atoms with E-state index in [1.165, 1.54) is 0 Å². The van der Waals surface area contributed by atoms with E-state index < -0.39 is 0 Å². The third-order valence-corrected chi connectivity index (χ3v) is 4.88. The molecule has 0 aromatic carbocycles. The SMILES string of the molecule is CC[C@@H](C)OCCOCCOCCOCCOCCOCCOCCOCCOCCNC(=O)C(C)C. The van der Waals surface area contributed by atoms with Gasteiger partial charge in [0.15, 0.2) is 0 Å². The first-order chi connectivity index (χ1) is 18.1. The molecule has 0 aromatic heterocycles. The molecule has 0 aliphatic rings. The number of carbonyl (C=O) groups excluding carboxylic acids is 1. The van der Waals surface area contributed by atoms with Gasteiger partial charge in [-0.05, 0) is 13.3 Å². The number of hydrogen-bond donors (Lipinski definition) is 1. The highest BCUT2D eigenvalue weighted by atomic mass is 16.6. The van der Waals surface area contributed by atoms with Gasteiger partial charge in [0.05, 0.1) is 118 Å². The van der Waals surface area contributed by atoms with Crippen LogP contribution >= 0.6 is 0 Å². The number of carbonyl (C=O) groups is 1. The van der Waals surface area contributed by atoms with E-state index in [0.29, 0.717) is 119 Å². The first-order valence-corrected chi connectivity index (χ1v) is 13.6. The van der Waals surface area contributed by atoms with Gasteiger partial charge in [-0.15, -0.1) is 0 Å². The predicted octanol–water partition coefficient (Wildman–Crippen LogP) is 1.71. The standard InChI is InChI=1S/C26H53NO10/c1-5-25(4)37-23-22-36-21-20-35-19-18-34-17-16-33-15-14-32-13-12-31-11-10-30-9-8-29-7-6-27-26(28)24(2)3/h24-25H,5-23H2,1-4H3,(H,27,28)/t25-/m1/s1. The first kappa shape index (κ1) is 36.1. The van der Waals surface area contributed by atoms with E-state index in [2.05, 4.69) is 19.2 Å². The van der Waals surface area contributed by atoms with E-state index in [1.54, 1.807) is 0 Å². The predicted molar refractivity (Wildman–Crippen MR) is 140 cm³/mol. The lowest BCUT2D eigenvalue weighted by atomic mass is 10.2. The van der Waals surface area contributed by atoms with Crippen molar-refractivity contribution in [2.75, 3.05) is 119 Å². The second kappa shape index (κ2) is 29.7. The largest absolute Gasteiger partial charge is 0.377 e. The Labute approximate surface area is 224 Å². The van der Waals surface area contributed by atoms with E-state index in [-0.39, 0.29) is 17.9 Å². The van der Waals surface area contributed by atoms with Crippen LogP contribution in [0.15, 0.2) is 0 Å². The van der Waals surface area contributed by atoms with Gasteiger partial charge in [0, 0.05) is 12.5 Å². The molecule has 0 heterocycles. The van der Waals surface area contributed by atoms with Gasteiger partial charge >= 0.3 is 0 Å². The van der Waals surface area contributed by atoms with Crippen LogP contribution in [0.25, 0.3) is 0 Å². The average molecular weight is 540 g/mol. The second-order valence-corrected chi connectivity index (χ2v) is 8.43. The van der Waals surface area contributed by atoms with Gasteiger partial charge in [-0.25, -0.2) is 0 Å². The Balaban J connectivity index is 3.07. The Morgan fingerprint density at radius 2 is 0.811 bits per heavy atom. The minimum Gasteiger partial charge on any atom is -0.377 e. The fourth-order valence-electron chi connectivity index (χ4n) is 2.52. The molecule has 11 heteroatoms. The maximum atomic E-state index is 11.4. The van der Waals surface area contributed by atoms with E-state index in [9.17, 15) is 4.79 Å². The molecule has 1 atom stereocenters. The summed E-state index contributed by atoms with van der Waals surface area (Å²) in [7, 11) is 0. The van der Waals surface area contributed by atoms with Gasteiger partial charge in [0.1, 0.15) is 0 Å². The Kier molecular flexibility index (Phi) is 28.9. The fourth-order valence-corrected chi connectivity index (χ4v) is 2.52. The lowest BCUT2D eigenvalue weighted by Gasteiger charge is -2.11. The van der Waals surface area contributed by atoms with Crippen molar-refractivity contribution in [1.29, 1.82) is 0 Å². The molecular formula is C26H53NO10. The van der Waals surface area contributed by atoms with E-state index in [1.807, 2.05) is 13.8 Å². The Morgan fingerprint density at radius 1 is 0.514 bits per heavy atom. The topological polar surface area (TPSA) is 112 Å². The van der Waals surface area contributed by atoms with Crippen molar-refractivity contribution in [1.82, 2.24) is 5.32 Å². The molecule has 0 bridgehead atoms. The van der Waals surface area contributed by atoms with Gasteiger partial charge in [0.25, 0.3) is 0 Å². The smallest absolute Gasteiger partial charge is 0.222 e. The lowest BCUT2D eigenvalue weighted by Crippen LogP contribution is -2.31. The van der Waals surface area contributed by atoms with Gasteiger partial charge in [0.2, 0.25) is 5.91 Å². The zero-order chi connectivity index (χ0) is 27.2. The quantitative estimate of drug-likeness (QED) is 0.135.